The highest BCUT2D eigenvalue weighted by molar-refractivity contribution is 5.87. The van der Waals surface area contributed by atoms with Crippen LogP contribution in [0.3, 0.4) is 0 Å². The average Bonchev–Trinajstić information content (AvgIpc) is 2.36. The van der Waals surface area contributed by atoms with Crippen molar-refractivity contribution in [2.24, 2.45) is 0 Å². The maximum atomic E-state index is 11.9. The van der Waals surface area contributed by atoms with Gasteiger partial charge in [0, 0.05) is 24.5 Å². The summed E-state index contributed by atoms with van der Waals surface area (Å²) in [5.41, 5.74) is 0.168. The first-order chi connectivity index (χ1) is 8.60. The van der Waals surface area contributed by atoms with E-state index in [2.05, 4.69) is 6.92 Å². The van der Waals surface area contributed by atoms with Crippen LogP contribution in [-0.2, 0) is 13.0 Å². The lowest BCUT2D eigenvalue weighted by Crippen LogP contribution is -2.21. The monoisotopic (exact) mass is 251 g/mol. The molecule has 0 radical (unpaired) electrons. The van der Waals surface area contributed by atoms with Crippen molar-refractivity contribution in [3.8, 4) is 0 Å². The van der Waals surface area contributed by atoms with Crippen molar-refractivity contribution in [2.45, 2.75) is 52.5 Å². The molecule has 0 unspecified atom stereocenters. The fraction of sp³-hybridized carbons (Fsp3) is 0.571. The Morgan fingerprint density at radius 1 is 1.22 bits per heavy atom. The number of carboxylic acid groups (broad SMARTS) is 1. The number of aryl methyl sites for hydroxylation is 2. The molecule has 0 bridgehead atoms. The summed E-state index contributed by atoms with van der Waals surface area (Å²) in [5, 5.41) is 9.01. The van der Waals surface area contributed by atoms with E-state index in [9.17, 15) is 9.59 Å². The van der Waals surface area contributed by atoms with Gasteiger partial charge in [-0.05, 0) is 19.8 Å². The third-order valence-corrected chi connectivity index (χ3v) is 3.05. The Labute approximate surface area is 107 Å². The fourth-order valence-corrected chi connectivity index (χ4v) is 1.95. The van der Waals surface area contributed by atoms with Gasteiger partial charge in [0.15, 0.2) is 5.43 Å². The SMILES string of the molecule is CCCCCCc1cn(CC)cc(C(=O)O)c1=O. The van der Waals surface area contributed by atoms with Crippen LogP contribution in [0, 0.1) is 0 Å². The standard InChI is InChI=1S/C14H21NO3/c1-3-5-6-7-8-11-9-15(4-2)10-12(13(11)16)14(17)18/h9-10H,3-8H2,1-2H3,(H,17,18). The molecule has 0 atom stereocenters. The number of aromatic nitrogens is 1. The Hall–Kier alpha value is -1.58. The van der Waals surface area contributed by atoms with Crippen molar-refractivity contribution in [1.29, 1.82) is 0 Å². The Bertz CT molecular complexity index is 463. The van der Waals surface area contributed by atoms with Gasteiger partial charge in [-0.2, -0.15) is 0 Å². The van der Waals surface area contributed by atoms with E-state index in [1.54, 1.807) is 10.8 Å². The largest absolute Gasteiger partial charge is 0.477 e. The summed E-state index contributed by atoms with van der Waals surface area (Å²) in [7, 11) is 0. The van der Waals surface area contributed by atoms with Crippen LogP contribution in [0.1, 0.15) is 55.5 Å². The smallest absolute Gasteiger partial charge is 0.341 e. The van der Waals surface area contributed by atoms with Crippen LogP contribution in [0.2, 0.25) is 0 Å². The summed E-state index contributed by atoms with van der Waals surface area (Å²) in [5.74, 6) is -1.14. The van der Waals surface area contributed by atoms with Crippen LogP contribution in [0.25, 0.3) is 0 Å². The second kappa shape index (κ2) is 6.99. The summed E-state index contributed by atoms with van der Waals surface area (Å²) < 4.78 is 1.76. The molecule has 4 nitrogen and oxygen atoms in total. The molecule has 100 valence electrons. The van der Waals surface area contributed by atoms with Crippen LogP contribution in [-0.4, -0.2) is 15.6 Å². The molecule has 0 saturated heterocycles. The van der Waals surface area contributed by atoms with Gasteiger partial charge in [-0.3, -0.25) is 4.79 Å². The molecule has 0 aliphatic rings. The maximum absolute atomic E-state index is 11.9. The minimum atomic E-state index is -1.14. The van der Waals surface area contributed by atoms with E-state index < -0.39 is 5.97 Å². The summed E-state index contributed by atoms with van der Waals surface area (Å²) in [6, 6.07) is 0. The molecule has 4 heteroatoms. The Kier molecular flexibility index (Phi) is 5.62. The number of pyridine rings is 1. The summed E-state index contributed by atoms with van der Waals surface area (Å²) in [6.07, 6.45) is 8.19. The molecule has 0 amide bonds. The summed E-state index contributed by atoms with van der Waals surface area (Å²) in [4.78, 5) is 23.0. The third-order valence-electron chi connectivity index (χ3n) is 3.05. The van der Waals surface area contributed by atoms with Gasteiger partial charge in [-0.1, -0.05) is 26.2 Å². The van der Waals surface area contributed by atoms with E-state index >= 15 is 0 Å². The second-order valence-corrected chi connectivity index (χ2v) is 4.47. The quantitative estimate of drug-likeness (QED) is 0.758. The van der Waals surface area contributed by atoms with Gasteiger partial charge in [0.25, 0.3) is 0 Å². The van der Waals surface area contributed by atoms with Gasteiger partial charge in [-0.15, -0.1) is 0 Å². The lowest BCUT2D eigenvalue weighted by molar-refractivity contribution is 0.0694. The zero-order valence-corrected chi connectivity index (χ0v) is 11.1. The molecule has 1 rings (SSSR count). The van der Waals surface area contributed by atoms with E-state index in [0.717, 1.165) is 25.7 Å². The minimum Gasteiger partial charge on any atom is -0.477 e. The van der Waals surface area contributed by atoms with Crippen molar-refractivity contribution >= 4 is 5.97 Å². The zero-order valence-electron chi connectivity index (χ0n) is 11.1. The Morgan fingerprint density at radius 3 is 2.50 bits per heavy atom. The minimum absolute atomic E-state index is 0.121. The third kappa shape index (κ3) is 3.72. The molecule has 0 aliphatic heterocycles. The van der Waals surface area contributed by atoms with Crippen molar-refractivity contribution < 1.29 is 9.90 Å². The van der Waals surface area contributed by atoms with E-state index in [1.165, 1.54) is 6.20 Å². The molecule has 0 saturated carbocycles. The van der Waals surface area contributed by atoms with Crippen molar-refractivity contribution in [3.05, 3.63) is 33.7 Å². The Morgan fingerprint density at radius 2 is 1.94 bits per heavy atom. The molecule has 0 spiro atoms. The van der Waals surface area contributed by atoms with Crippen molar-refractivity contribution in [2.75, 3.05) is 0 Å². The highest BCUT2D eigenvalue weighted by atomic mass is 16.4. The van der Waals surface area contributed by atoms with Crippen LogP contribution < -0.4 is 5.43 Å². The van der Waals surface area contributed by atoms with Crippen LogP contribution in [0.4, 0.5) is 0 Å². The van der Waals surface area contributed by atoms with Gasteiger partial charge >= 0.3 is 5.97 Å². The van der Waals surface area contributed by atoms with Gasteiger partial charge in [0.1, 0.15) is 5.56 Å². The van der Waals surface area contributed by atoms with Crippen LogP contribution in [0.15, 0.2) is 17.2 Å². The number of aromatic carboxylic acids is 1. The molecule has 1 aromatic rings. The first-order valence-corrected chi connectivity index (χ1v) is 6.56. The maximum Gasteiger partial charge on any atom is 0.341 e. The molecule has 0 fully saturated rings. The van der Waals surface area contributed by atoms with Gasteiger partial charge in [0.05, 0.1) is 0 Å². The molecular formula is C14H21NO3. The molecule has 0 aromatic carbocycles. The molecule has 1 N–H and O–H groups in total. The second-order valence-electron chi connectivity index (χ2n) is 4.47. The number of rotatable bonds is 7. The normalized spacial score (nSPS) is 10.6. The van der Waals surface area contributed by atoms with Gasteiger partial charge < -0.3 is 9.67 Å². The number of unbranched alkanes of at least 4 members (excludes halogenated alkanes) is 3. The zero-order chi connectivity index (χ0) is 13.5. The number of hydrogen-bond acceptors (Lipinski definition) is 2. The molecule has 1 aromatic heterocycles. The topological polar surface area (TPSA) is 59.3 Å². The molecule has 0 aliphatic carbocycles. The van der Waals surface area contributed by atoms with E-state index in [4.69, 9.17) is 5.11 Å². The lowest BCUT2D eigenvalue weighted by Gasteiger charge is -2.08. The van der Waals surface area contributed by atoms with E-state index in [-0.39, 0.29) is 11.0 Å². The predicted octanol–water partition coefficient (Wildman–Crippen LogP) is 2.69. The van der Waals surface area contributed by atoms with Crippen LogP contribution >= 0.6 is 0 Å². The van der Waals surface area contributed by atoms with Gasteiger partial charge in [-0.25, -0.2) is 4.79 Å². The molecule has 1 heterocycles. The van der Waals surface area contributed by atoms with Crippen LogP contribution in [0.5, 0.6) is 0 Å². The summed E-state index contributed by atoms with van der Waals surface area (Å²) >= 11 is 0. The predicted molar refractivity (Wildman–Crippen MR) is 71.2 cm³/mol. The molecular weight excluding hydrogens is 230 g/mol. The van der Waals surface area contributed by atoms with Crippen molar-refractivity contribution in [3.63, 3.8) is 0 Å². The number of carbonyl (C=O) groups is 1. The average molecular weight is 251 g/mol. The first-order valence-electron chi connectivity index (χ1n) is 6.56. The van der Waals surface area contributed by atoms with Crippen molar-refractivity contribution in [1.82, 2.24) is 4.57 Å². The summed E-state index contributed by atoms with van der Waals surface area (Å²) in [6.45, 7) is 4.73. The number of hydrogen-bond donors (Lipinski definition) is 1. The fourth-order valence-electron chi connectivity index (χ4n) is 1.95. The lowest BCUT2D eigenvalue weighted by atomic mass is 10.1. The molecule has 18 heavy (non-hydrogen) atoms. The number of nitrogens with zero attached hydrogens (tertiary/aromatic N) is 1. The highest BCUT2D eigenvalue weighted by Crippen LogP contribution is 2.06. The van der Waals surface area contributed by atoms with E-state index in [1.807, 2.05) is 6.92 Å². The number of carboxylic acids is 1. The van der Waals surface area contributed by atoms with Gasteiger partial charge in [0.2, 0.25) is 0 Å². The van der Waals surface area contributed by atoms with E-state index in [0.29, 0.717) is 18.5 Å². The highest BCUT2D eigenvalue weighted by Gasteiger charge is 2.13. The Balaban J connectivity index is 2.92. The first kappa shape index (κ1) is 14.5.